The normalized spacial score (nSPS) is 14.7. The van der Waals surface area contributed by atoms with Crippen molar-refractivity contribution < 1.29 is 9.21 Å². The van der Waals surface area contributed by atoms with Crippen LogP contribution in [0.15, 0.2) is 65.3 Å². The van der Waals surface area contributed by atoms with Crippen LogP contribution in [-0.2, 0) is 13.1 Å². The third-order valence-electron chi connectivity index (χ3n) is 5.87. The van der Waals surface area contributed by atoms with Gasteiger partial charge in [0.1, 0.15) is 6.26 Å². The highest BCUT2D eigenvalue weighted by Crippen LogP contribution is 2.30. The van der Waals surface area contributed by atoms with E-state index in [-0.39, 0.29) is 11.9 Å². The minimum atomic E-state index is -0.214. The molecule has 31 heavy (non-hydrogen) atoms. The lowest BCUT2D eigenvalue weighted by atomic mass is 10.0. The number of rotatable bonds is 9. The van der Waals surface area contributed by atoms with Gasteiger partial charge in [-0.25, -0.2) is 4.98 Å². The van der Waals surface area contributed by atoms with Crippen molar-refractivity contribution in [1.29, 1.82) is 0 Å². The Morgan fingerprint density at radius 3 is 2.39 bits per heavy atom. The summed E-state index contributed by atoms with van der Waals surface area (Å²) in [7, 11) is 0. The number of nitrogens with one attached hydrogen (secondary N) is 1. The summed E-state index contributed by atoms with van der Waals surface area (Å²) in [5.74, 6) is 0.909. The molecule has 0 saturated heterocycles. The fraction of sp³-hybridized carbons (Fsp3) is 0.385. The zero-order valence-corrected chi connectivity index (χ0v) is 18.5. The van der Waals surface area contributed by atoms with E-state index in [1.165, 1.54) is 30.2 Å². The minimum Gasteiger partial charge on any atom is -0.447 e. The highest BCUT2D eigenvalue weighted by molar-refractivity contribution is 5.92. The molecule has 1 N–H and O–H groups in total. The molecular weight excluding hydrogens is 386 g/mol. The molecule has 1 aliphatic rings. The second-order valence-corrected chi connectivity index (χ2v) is 8.76. The zero-order valence-electron chi connectivity index (χ0n) is 18.5. The van der Waals surface area contributed by atoms with Gasteiger partial charge in [0.25, 0.3) is 5.91 Å². The Morgan fingerprint density at radius 2 is 1.74 bits per heavy atom. The molecule has 1 unspecified atom stereocenters. The van der Waals surface area contributed by atoms with Gasteiger partial charge in [0, 0.05) is 12.6 Å². The predicted molar refractivity (Wildman–Crippen MR) is 122 cm³/mol. The first-order valence-corrected chi connectivity index (χ1v) is 11.1. The van der Waals surface area contributed by atoms with Crippen molar-refractivity contribution in [3.05, 3.63) is 89.1 Å². The van der Waals surface area contributed by atoms with Crippen molar-refractivity contribution in [2.75, 3.05) is 0 Å². The molecule has 0 spiro atoms. The van der Waals surface area contributed by atoms with Crippen LogP contribution < -0.4 is 5.32 Å². The van der Waals surface area contributed by atoms with Crippen LogP contribution in [0, 0.1) is 0 Å². The van der Waals surface area contributed by atoms with Gasteiger partial charge in [0.05, 0.1) is 12.6 Å². The lowest BCUT2D eigenvalue weighted by molar-refractivity contribution is 0.0934. The summed E-state index contributed by atoms with van der Waals surface area (Å²) in [5, 5.41) is 2.99. The van der Waals surface area contributed by atoms with E-state index >= 15 is 0 Å². The van der Waals surface area contributed by atoms with E-state index < -0.39 is 0 Å². The van der Waals surface area contributed by atoms with Gasteiger partial charge in [-0.15, -0.1) is 0 Å². The first-order chi connectivity index (χ1) is 15.0. The number of benzene rings is 2. The molecule has 1 heterocycles. The number of carbonyl (C=O) groups is 1. The first kappa shape index (κ1) is 21.3. The van der Waals surface area contributed by atoms with Crippen LogP contribution in [0.4, 0.5) is 0 Å². The first-order valence-electron chi connectivity index (χ1n) is 11.1. The average Bonchev–Trinajstić information content (AvgIpc) is 3.52. The van der Waals surface area contributed by atoms with Gasteiger partial charge in [-0.05, 0) is 42.4 Å². The second kappa shape index (κ2) is 9.48. The standard InChI is InChI=1S/C26H31N3O2/c1-18(2)21-11-9-20(10-12-21)15-29(23-13-14-23)16-25-28-24(17-31-25)26(30)27-19(3)22-7-5-4-6-8-22/h4-12,17-19,23H,13-16H2,1-3H3,(H,27,30). The summed E-state index contributed by atoms with van der Waals surface area (Å²) < 4.78 is 5.66. The number of carbonyl (C=O) groups excluding carboxylic acids is 1. The summed E-state index contributed by atoms with van der Waals surface area (Å²) in [6.07, 6.45) is 3.87. The van der Waals surface area contributed by atoms with Gasteiger partial charge in [-0.3, -0.25) is 9.69 Å². The molecule has 3 aromatic rings. The van der Waals surface area contributed by atoms with Gasteiger partial charge < -0.3 is 9.73 Å². The summed E-state index contributed by atoms with van der Waals surface area (Å²) in [6, 6.07) is 19.2. The molecule has 0 aliphatic heterocycles. The molecule has 4 rings (SSSR count). The Labute approximate surface area is 184 Å². The number of hydrogen-bond donors (Lipinski definition) is 1. The molecule has 1 amide bonds. The zero-order chi connectivity index (χ0) is 21.8. The van der Waals surface area contributed by atoms with Crippen LogP contribution in [0.2, 0.25) is 0 Å². The molecule has 1 fully saturated rings. The lowest BCUT2D eigenvalue weighted by Crippen LogP contribution is -2.27. The van der Waals surface area contributed by atoms with E-state index in [0.29, 0.717) is 30.1 Å². The van der Waals surface area contributed by atoms with E-state index in [0.717, 1.165) is 12.1 Å². The Kier molecular flexibility index (Phi) is 6.52. The number of hydrogen-bond acceptors (Lipinski definition) is 4. The molecule has 5 nitrogen and oxygen atoms in total. The van der Waals surface area contributed by atoms with Crippen molar-refractivity contribution in [3.8, 4) is 0 Å². The van der Waals surface area contributed by atoms with Gasteiger partial charge in [-0.2, -0.15) is 0 Å². The predicted octanol–water partition coefficient (Wildman–Crippen LogP) is 5.45. The fourth-order valence-corrected chi connectivity index (χ4v) is 3.75. The van der Waals surface area contributed by atoms with E-state index in [9.17, 15) is 4.79 Å². The average molecular weight is 418 g/mol. The molecule has 2 aromatic carbocycles. The monoisotopic (exact) mass is 417 g/mol. The van der Waals surface area contributed by atoms with E-state index in [2.05, 4.69) is 53.3 Å². The van der Waals surface area contributed by atoms with Gasteiger partial charge in [-0.1, -0.05) is 68.4 Å². The highest BCUT2D eigenvalue weighted by Gasteiger charge is 2.30. The fourth-order valence-electron chi connectivity index (χ4n) is 3.75. The van der Waals surface area contributed by atoms with Crippen LogP contribution in [0.1, 0.15) is 78.6 Å². The van der Waals surface area contributed by atoms with Crippen LogP contribution in [0.5, 0.6) is 0 Å². The Morgan fingerprint density at radius 1 is 1.03 bits per heavy atom. The smallest absolute Gasteiger partial charge is 0.273 e. The maximum absolute atomic E-state index is 12.6. The third-order valence-corrected chi connectivity index (χ3v) is 5.87. The number of aromatic nitrogens is 1. The van der Waals surface area contributed by atoms with Gasteiger partial charge >= 0.3 is 0 Å². The van der Waals surface area contributed by atoms with Crippen LogP contribution in [0.3, 0.4) is 0 Å². The van der Waals surface area contributed by atoms with Crippen molar-refractivity contribution in [2.24, 2.45) is 0 Å². The van der Waals surface area contributed by atoms with Crippen LogP contribution in [0.25, 0.3) is 0 Å². The number of amides is 1. The minimum absolute atomic E-state index is 0.0920. The molecule has 0 bridgehead atoms. The Hall–Kier alpha value is -2.92. The van der Waals surface area contributed by atoms with Gasteiger partial charge in [0.2, 0.25) is 5.89 Å². The topological polar surface area (TPSA) is 58.4 Å². The van der Waals surface area contributed by atoms with E-state index in [1.807, 2.05) is 37.3 Å². The maximum atomic E-state index is 12.6. The number of nitrogens with zero attached hydrogens (tertiary/aromatic N) is 2. The highest BCUT2D eigenvalue weighted by atomic mass is 16.3. The molecule has 0 radical (unpaired) electrons. The maximum Gasteiger partial charge on any atom is 0.273 e. The third kappa shape index (κ3) is 5.61. The largest absolute Gasteiger partial charge is 0.447 e. The summed E-state index contributed by atoms with van der Waals surface area (Å²) in [4.78, 5) is 19.5. The molecule has 1 atom stereocenters. The molecular formula is C26H31N3O2. The molecule has 162 valence electrons. The van der Waals surface area contributed by atoms with E-state index in [4.69, 9.17) is 4.42 Å². The second-order valence-electron chi connectivity index (χ2n) is 8.76. The SMILES string of the molecule is CC(C)c1ccc(CN(Cc2nc(C(=O)NC(C)c3ccccc3)co2)C2CC2)cc1. The summed E-state index contributed by atoms with van der Waals surface area (Å²) in [5.41, 5.74) is 4.03. The molecule has 1 aromatic heterocycles. The van der Waals surface area contributed by atoms with Crippen molar-refractivity contribution in [2.45, 2.75) is 64.7 Å². The van der Waals surface area contributed by atoms with Crippen molar-refractivity contribution in [1.82, 2.24) is 15.2 Å². The van der Waals surface area contributed by atoms with Crippen molar-refractivity contribution in [3.63, 3.8) is 0 Å². The van der Waals surface area contributed by atoms with Crippen molar-refractivity contribution >= 4 is 5.91 Å². The Bertz CT molecular complexity index is 991. The molecule has 1 saturated carbocycles. The summed E-state index contributed by atoms with van der Waals surface area (Å²) in [6.45, 7) is 7.86. The van der Waals surface area contributed by atoms with Crippen LogP contribution >= 0.6 is 0 Å². The molecule has 1 aliphatic carbocycles. The number of oxazole rings is 1. The lowest BCUT2D eigenvalue weighted by Gasteiger charge is -2.20. The Balaban J connectivity index is 1.37. The summed E-state index contributed by atoms with van der Waals surface area (Å²) >= 11 is 0. The van der Waals surface area contributed by atoms with Gasteiger partial charge in [0.15, 0.2) is 5.69 Å². The van der Waals surface area contributed by atoms with Crippen LogP contribution in [-0.4, -0.2) is 21.8 Å². The quantitative estimate of drug-likeness (QED) is 0.503. The van der Waals surface area contributed by atoms with E-state index in [1.54, 1.807) is 0 Å². The molecule has 5 heteroatoms.